The van der Waals surface area contributed by atoms with E-state index in [9.17, 15) is 14.0 Å². The third-order valence-electron chi connectivity index (χ3n) is 4.19. The minimum absolute atomic E-state index is 0.0900. The smallest absolute Gasteiger partial charge is 0.277 e. The van der Waals surface area contributed by atoms with Crippen molar-refractivity contribution in [1.29, 1.82) is 0 Å². The monoisotopic (exact) mass is 365 g/mol. The number of rotatable bonds is 5. The van der Waals surface area contributed by atoms with Crippen molar-refractivity contribution >= 4 is 11.7 Å². The molecule has 0 unspecified atom stereocenters. The van der Waals surface area contributed by atoms with E-state index in [-0.39, 0.29) is 28.9 Å². The van der Waals surface area contributed by atoms with Crippen LogP contribution >= 0.6 is 0 Å². The quantitative estimate of drug-likeness (QED) is 0.750. The number of carbonyl (C=O) groups is 1. The highest BCUT2D eigenvalue weighted by Gasteiger charge is 2.26. The van der Waals surface area contributed by atoms with Gasteiger partial charge in [-0.05, 0) is 48.7 Å². The lowest BCUT2D eigenvalue weighted by Gasteiger charge is -2.07. The third-order valence-corrected chi connectivity index (χ3v) is 4.19. The molecule has 4 rings (SSSR count). The van der Waals surface area contributed by atoms with Gasteiger partial charge < -0.3 is 5.32 Å². The number of hydrogen-bond acceptors (Lipinski definition) is 5. The Morgan fingerprint density at radius 1 is 1.15 bits per heavy atom. The largest absolute Gasteiger partial charge is 0.304 e. The molecule has 2 heterocycles. The molecule has 136 valence electrons. The predicted molar refractivity (Wildman–Crippen MR) is 96.0 cm³/mol. The van der Waals surface area contributed by atoms with Crippen LogP contribution in [0.4, 0.5) is 10.2 Å². The number of hydrogen-bond donors (Lipinski definition) is 1. The molecule has 2 aromatic heterocycles. The highest BCUT2D eigenvalue weighted by molar-refractivity contribution is 6.02. The zero-order valence-electron chi connectivity index (χ0n) is 14.3. The molecule has 1 saturated carbocycles. The van der Waals surface area contributed by atoms with Gasteiger partial charge in [0.05, 0.1) is 11.7 Å². The number of halogens is 1. The van der Waals surface area contributed by atoms with Gasteiger partial charge in [-0.2, -0.15) is 10.2 Å². The van der Waals surface area contributed by atoms with Gasteiger partial charge in [-0.1, -0.05) is 12.1 Å². The first-order chi connectivity index (χ1) is 13.1. The highest BCUT2D eigenvalue weighted by Crippen LogP contribution is 2.32. The van der Waals surface area contributed by atoms with E-state index in [1.165, 1.54) is 28.9 Å². The highest BCUT2D eigenvalue weighted by atomic mass is 19.1. The summed E-state index contributed by atoms with van der Waals surface area (Å²) in [5.74, 6) is -0.491. The van der Waals surface area contributed by atoms with Gasteiger partial charge in [-0.25, -0.2) is 9.07 Å². The predicted octanol–water partition coefficient (Wildman–Crippen LogP) is 2.35. The maximum atomic E-state index is 13.2. The maximum Gasteiger partial charge on any atom is 0.277 e. The molecular weight excluding hydrogens is 349 g/mol. The fourth-order valence-electron chi connectivity index (χ4n) is 2.68. The summed E-state index contributed by atoms with van der Waals surface area (Å²) in [7, 11) is 0. The summed E-state index contributed by atoms with van der Waals surface area (Å²) < 4.78 is 14.6. The van der Waals surface area contributed by atoms with E-state index in [0.29, 0.717) is 12.1 Å². The molecule has 0 spiro atoms. The summed E-state index contributed by atoms with van der Waals surface area (Å²) in [5.41, 5.74) is 1.37. The van der Waals surface area contributed by atoms with Crippen LogP contribution in [0.5, 0.6) is 0 Å². The Labute approximate surface area is 153 Å². The van der Waals surface area contributed by atoms with Crippen molar-refractivity contribution in [3.63, 3.8) is 0 Å². The summed E-state index contributed by atoms with van der Waals surface area (Å²) in [6.07, 6.45) is 2.24. The van der Waals surface area contributed by atoms with E-state index in [2.05, 4.69) is 20.6 Å². The van der Waals surface area contributed by atoms with E-state index in [1.807, 2.05) is 0 Å². The molecule has 0 bridgehead atoms. The van der Waals surface area contributed by atoms with E-state index in [4.69, 9.17) is 0 Å². The molecule has 27 heavy (non-hydrogen) atoms. The van der Waals surface area contributed by atoms with E-state index < -0.39 is 5.91 Å². The second-order valence-corrected chi connectivity index (χ2v) is 6.40. The minimum Gasteiger partial charge on any atom is -0.304 e. The first-order valence-corrected chi connectivity index (χ1v) is 8.57. The second-order valence-electron chi connectivity index (χ2n) is 6.40. The Morgan fingerprint density at radius 3 is 2.70 bits per heavy atom. The maximum absolute atomic E-state index is 13.2. The van der Waals surface area contributed by atoms with E-state index in [1.54, 1.807) is 24.3 Å². The van der Waals surface area contributed by atoms with Gasteiger partial charge in [-0.3, -0.25) is 9.59 Å². The van der Waals surface area contributed by atoms with Crippen molar-refractivity contribution < 1.29 is 9.18 Å². The summed E-state index contributed by atoms with van der Waals surface area (Å²) in [4.78, 5) is 24.1. The summed E-state index contributed by atoms with van der Waals surface area (Å²) in [5, 5.41) is 14.8. The number of aromatic nitrogens is 4. The first kappa shape index (κ1) is 17.0. The van der Waals surface area contributed by atoms with Crippen molar-refractivity contribution in [2.75, 3.05) is 5.32 Å². The molecule has 1 aliphatic rings. The molecule has 0 saturated heterocycles. The van der Waals surface area contributed by atoms with E-state index >= 15 is 0 Å². The van der Waals surface area contributed by atoms with Gasteiger partial charge in [-0.15, -0.1) is 5.10 Å². The SMILES string of the molecule is O=C(Nc1ccc(Cc2cccc(F)c2)nn1)c1ccc(=O)n(C2CC2)n1. The van der Waals surface area contributed by atoms with Crippen LogP contribution in [0.2, 0.25) is 0 Å². The van der Waals surface area contributed by atoms with Crippen molar-refractivity contribution in [1.82, 2.24) is 20.0 Å². The van der Waals surface area contributed by atoms with Crippen LogP contribution in [0.25, 0.3) is 0 Å². The Hall–Kier alpha value is -3.42. The van der Waals surface area contributed by atoms with Crippen molar-refractivity contribution in [3.8, 4) is 0 Å². The molecule has 1 aromatic carbocycles. The molecule has 7 nitrogen and oxygen atoms in total. The number of anilines is 1. The van der Waals surface area contributed by atoms with Crippen molar-refractivity contribution in [3.05, 3.63) is 81.7 Å². The molecule has 3 aromatic rings. The summed E-state index contributed by atoms with van der Waals surface area (Å²) in [6, 6.07) is 12.4. The van der Waals surface area contributed by atoms with Gasteiger partial charge in [0.2, 0.25) is 0 Å². The van der Waals surface area contributed by atoms with Crippen LogP contribution in [0.1, 0.15) is 40.6 Å². The zero-order chi connectivity index (χ0) is 18.8. The van der Waals surface area contributed by atoms with Crippen molar-refractivity contribution in [2.24, 2.45) is 0 Å². The third kappa shape index (κ3) is 4.05. The van der Waals surface area contributed by atoms with Gasteiger partial charge in [0.25, 0.3) is 11.5 Å². The fraction of sp³-hybridized carbons (Fsp3) is 0.211. The lowest BCUT2D eigenvalue weighted by molar-refractivity contribution is 0.101. The Kier molecular flexibility index (Phi) is 4.45. The molecule has 1 amide bonds. The molecule has 1 N–H and O–H groups in total. The minimum atomic E-state index is -0.461. The van der Waals surface area contributed by atoms with Gasteiger partial charge in [0.1, 0.15) is 11.5 Å². The Morgan fingerprint density at radius 2 is 2.00 bits per heavy atom. The number of amides is 1. The van der Waals surface area contributed by atoms with Gasteiger partial charge >= 0.3 is 0 Å². The molecular formula is C19H16FN5O2. The fourth-order valence-corrected chi connectivity index (χ4v) is 2.68. The second kappa shape index (κ2) is 7.06. The van der Waals surface area contributed by atoms with Crippen LogP contribution in [0.3, 0.4) is 0 Å². The standard InChI is InChI=1S/C19H16FN5O2/c20-13-3-1-2-12(10-13)11-14-4-8-17(23-22-14)21-19(27)16-7-9-18(26)25(24-16)15-5-6-15/h1-4,7-10,15H,5-6,11H2,(H,21,23,27). The van der Waals surface area contributed by atoms with Crippen molar-refractivity contribution in [2.45, 2.75) is 25.3 Å². The van der Waals surface area contributed by atoms with Crippen LogP contribution < -0.4 is 10.9 Å². The molecule has 8 heteroatoms. The first-order valence-electron chi connectivity index (χ1n) is 8.57. The van der Waals surface area contributed by atoms with E-state index in [0.717, 1.165) is 18.4 Å². The Balaban J connectivity index is 1.44. The average molecular weight is 365 g/mol. The molecule has 1 fully saturated rings. The van der Waals surface area contributed by atoms with Crippen LogP contribution in [-0.2, 0) is 6.42 Å². The topological polar surface area (TPSA) is 89.8 Å². The molecule has 1 aliphatic carbocycles. The number of nitrogens with one attached hydrogen (secondary N) is 1. The Bertz CT molecular complexity index is 1040. The lowest BCUT2D eigenvalue weighted by atomic mass is 10.1. The number of benzene rings is 1. The van der Waals surface area contributed by atoms with Crippen LogP contribution in [-0.4, -0.2) is 25.9 Å². The van der Waals surface area contributed by atoms with Gasteiger partial charge in [0.15, 0.2) is 5.82 Å². The number of nitrogens with zero attached hydrogens (tertiary/aromatic N) is 4. The zero-order valence-corrected chi connectivity index (χ0v) is 14.3. The van der Waals surface area contributed by atoms with Crippen LogP contribution in [0, 0.1) is 5.82 Å². The molecule has 0 aliphatic heterocycles. The summed E-state index contributed by atoms with van der Waals surface area (Å²) >= 11 is 0. The lowest BCUT2D eigenvalue weighted by Crippen LogP contribution is -2.25. The summed E-state index contributed by atoms with van der Waals surface area (Å²) in [6.45, 7) is 0. The molecule has 0 radical (unpaired) electrons. The molecule has 0 atom stereocenters. The van der Waals surface area contributed by atoms with Crippen LogP contribution in [0.15, 0.2) is 53.3 Å². The normalized spacial score (nSPS) is 13.4. The average Bonchev–Trinajstić information content (AvgIpc) is 3.49. The van der Waals surface area contributed by atoms with Gasteiger partial charge in [0, 0.05) is 12.5 Å². The number of carbonyl (C=O) groups excluding carboxylic acids is 1.